The average molecular weight is 489 g/mol. The van der Waals surface area contributed by atoms with Gasteiger partial charge in [-0.15, -0.1) is 0 Å². The highest BCUT2D eigenvalue weighted by Crippen LogP contribution is 2.35. The van der Waals surface area contributed by atoms with E-state index < -0.39 is 10.4 Å². The van der Waals surface area contributed by atoms with Crippen LogP contribution in [0.2, 0.25) is 5.02 Å². The molecule has 0 heterocycles. The van der Waals surface area contributed by atoms with E-state index in [4.69, 9.17) is 29.1 Å². The third-order valence-corrected chi connectivity index (χ3v) is 5.17. The lowest BCUT2D eigenvalue weighted by molar-refractivity contribution is 0.381. The van der Waals surface area contributed by atoms with Crippen LogP contribution in [0, 0.1) is 6.92 Å². The Morgan fingerprint density at radius 1 is 1.06 bits per heavy atom. The van der Waals surface area contributed by atoms with Gasteiger partial charge in [0.1, 0.15) is 0 Å². The number of anilines is 1. The number of aryl methyl sites for hydroxylation is 1. The van der Waals surface area contributed by atoms with Crippen LogP contribution in [0.1, 0.15) is 37.5 Å². The fraction of sp³-hybridized carbons (Fsp3) is 0.240. The number of hydrogen-bond donors (Lipinski definition) is 3. The summed E-state index contributed by atoms with van der Waals surface area (Å²) in [5, 5.41) is 4.17. The van der Waals surface area contributed by atoms with E-state index >= 15 is 0 Å². The van der Waals surface area contributed by atoms with Crippen LogP contribution in [0.3, 0.4) is 0 Å². The van der Waals surface area contributed by atoms with Gasteiger partial charge >= 0.3 is 10.4 Å². The summed E-state index contributed by atoms with van der Waals surface area (Å²) in [6.07, 6.45) is 6.46. The number of nitrogens with zero attached hydrogens (tertiary/aromatic N) is 1. The lowest BCUT2D eigenvalue weighted by atomic mass is 9.88. The number of aliphatic imine (C=N–C) groups is 1. The SMILES string of the molecule is CCN=C1C=CC(=C(c2ccc(NCC)c(C)c2)c2ccccc2Cl)C=C1C.O=S(=O)(O)O. The molecule has 0 aromatic heterocycles. The van der Waals surface area contributed by atoms with Gasteiger partial charge in [-0.25, -0.2) is 0 Å². The fourth-order valence-electron chi connectivity index (χ4n) is 3.51. The Balaban J connectivity index is 0.000000696. The van der Waals surface area contributed by atoms with Gasteiger partial charge in [-0.3, -0.25) is 14.1 Å². The van der Waals surface area contributed by atoms with Crippen molar-refractivity contribution in [2.75, 3.05) is 18.4 Å². The molecule has 3 rings (SSSR count). The highest BCUT2D eigenvalue weighted by molar-refractivity contribution is 7.79. The predicted molar refractivity (Wildman–Crippen MR) is 138 cm³/mol. The zero-order valence-electron chi connectivity index (χ0n) is 19.1. The van der Waals surface area contributed by atoms with Crippen LogP contribution in [0.5, 0.6) is 0 Å². The number of halogens is 1. The maximum Gasteiger partial charge on any atom is 0.394 e. The first-order valence-electron chi connectivity index (χ1n) is 10.5. The van der Waals surface area contributed by atoms with Crippen molar-refractivity contribution in [3.63, 3.8) is 0 Å². The second-order valence-electron chi connectivity index (χ2n) is 7.34. The van der Waals surface area contributed by atoms with Crippen LogP contribution in [-0.4, -0.2) is 36.3 Å². The van der Waals surface area contributed by atoms with Gasteiger partial charge in [0.25, 0.3) is 0 Å². The molecule has 0 unspecified atom stereocenters. The van der Waals surface area contributed by atoms with Gasteiger partial charge in [0.2, 0.25) is 0 Å². The molecule has 1 aliphatic carbocycles. The van der Waals surface area contributed by atoms with E-state index in [0.717, 1.165) is 51.8 Å². The van der Waals surface area contributed by atoms with Gasteiger partial charge in [0.15, 0.2) is 0 Å². The maximum absolute atomic E-state index is 8.74. The zero-order chi connectivity index (χ0) is 24.6. The highest BCUT2D eigenvalue weighted by Gasteiger charge is 2.16. The summed E-state index contributed by atoms with van der Waals surface area (Å²) in [6, 6.07) is 14.6. The molecule has 0 fully saturated rings. The Morgan fingerprint density at radius 3 is 2.27 bits per heavy atom. The van der Waals surface area contributed by atoms with Gasteiger partial charge in [0.05, 0.1) is 5.71 Å². The molecule has 0 spiro atoms. The molecule has 33 heavy (non-hydrogen) atoms. The van der Waals surface area contributed by atoms with E-state index in [1.54, 1.807) is 0 Å². The molecule has 0 amide bonds. The van der Waals surface area contributed by atoms with Crippen LogP contribution in [0.4, 0.5) is 5.69 Å². The second kappa shape index (κ2) is 12.0. The molecule has 0 aliphatic heterocycles. The maximum atomic E-state index is 8.74. The number of nitrogens with one attached hydrogen (secondary N) is 1. The molecular formula is C25H29ClN2O4S. The number of hydrogen-bond acceptors (Lipinski definition) is 4. The van der Waals surface area contributed by atoms with E-state index in [9.17, 15) is 0 Å². The van der Waals surface area contributed by atoms with Crippen molar-refractivity contribution >= 4 is 39.0 Å². The van der Waals surface area contributed by atoms with Crippen molar-refractivity contribution in [1.82, 2.24) is 0 Å². The molecule has 1 aliphatic rings. The third kappa shape index (κ3) is 7.98. The van der Waals surface area contributed by atoms with Crippen molar-refractivity contribution in [3.05, 3.63) is 93.6 Å². The van der Waals surface area contributed by atoms with Crippen molar-refractivity contribution in [2.45, 2.75) is 27.7 Å². The standard InChI is InChI=1S/C25H27ClN2.H2O4S/c1-5-27-23-13-11-19(15-17(23)3)25(21-9-7-8-10-22(21)26)20-12-14-24(28-6-2)18(4)16-20;1-5(2,3)4/h7-16,27H,5-6H2,1-4H3;(H2,1,2,3,4). The fourth-order valence-corrected chi connectivity index (χ4v) is 3.74. The van der Waals surface area contributed by atoms with Crippen molar-refractivity contribution in [3.8, 4) is 0 Å². The molecule has 0 atom stereocenters. The topological polar surface area (TPSA) is 99.0 Å². The predicted octanol–water partition coefficient (Wildman–Crippen LogP) is 6.21. The molecule has 0 saturated heterocycles. The normalized spacial score (nSPS) is 16.1. The van der Waals surface area contributed by atoms with E-state index in [2.05, 4.69) is 80.5 Å². The molecule has 2 aromatic rings. The molecule has 0 bridgehead atoms. The van der Waals surface area contributed by atoms with Crippen LogP contribution in [0.15, 0.2) is 76.8 Å². The largest absolute Gasteiger partial charge is 0.394 e. The van der Waals surface area contributed by atoms with E-state index in [1.165, 1.54) is 11.1 Å². The average Bonchev–Trinajstić information content (AvgIpc) is 2.72. The third-order valence-electron chi connectivity index (χ3n) is 4.84. The summed E-state index contributed by atoms with van der Waals surface area (Å²) in [4.78, 5) is 4.57. The molecular weight excluding hydrogens is 460 g/mol. The Kier molecular flexibility index (Phi) is 9.61. The molecule has 8 heteroatoms. The summed E-state index contributed by atoms with van der Waals surface area (Å²) >= 11 is 6.61. The summed E-state index contributed by atoms with van der Waals surface area (Å²) in [5.74, 6) is 0. The number of benzene rings is 2. The summed E-state index contributed by atoms with van der Waals surface area (Å²) < 4.78 is 31.6. The van der Waals surface area contributed by atoms with Crippen molar-refractivity contribution < 1.29 is 17.5 Å². The first-order chi connectivity index (χ1) is 15.5. The summed E-state index contributed by atoms with van der Waals surface area (Å²) in [7, 11) is -4.67. The molecule has 2 aromatic carbocycles. The van der Waals surface area contributed by atoms with Gasteiger partial charge in [-0.2, -0.15) is 8.42 Å². The van der Waals surface area contributed by atoms with E-state index in [0.29, 0.717) is 0 Å². The monoisotopic (exact) mass is 488 g/mol. The molecule has 176 valence electrons. The van der Waals surface area contributed by atoms with Crippen LogP contribution in [0.25, 0.3) is 5.57 Å². The quantitative estimate of drug-likeness (QED) is 0.435. The second-order valence-corrected chi connectivity index (χ2v) is 8.64. The smallest absolute Gasteiger partial charge is 0.385 e. The number of allylic oxidation sites excluding steroid dienone is 5. The van der Waals surface area contributed by atoms with Crippen molar-refractivity contribution in [2.24, 2.45) is 4.99 Å². The minimum atomic E-state index is -4.67. The van der Waals surface area contributed by atoms with E-state index in [1.807, 2.05) is 18.2 Å². The summed E-state index contributed by atoms with van der Waals surface area (Å²) in [6.45, 7) is 10.1. The lowest BCUT2D eigenvalue weighted by Crippen LogP contribution is -2.04. The van der Waals surface area contributed by atoms with Crippen LogP contribution < -0.4 is 5.32 Å². The lowest BCUT2D eigenvalue weighted by Gasteiger charge is -2.18. The van der Waals surface area contributed by atoms with E-state index in [-0.39, 0.29) is 0 Å². The Labute approximate surface area is 201 Å². The Hall–Kier alpha value is -2.71. The highest BCUT2D eigenvalue weighted by atomic mass is 35.5. The minimum absolute atomic E-state index is 0.755. The zero-order valence-corrected chi connectivity index (χ0v) is 20.7. The minimum Gasteiger partial charge on any atom is -0.385 e. The van der Waals surface area contributed by atoms with Crippen LogP contribution in [-0.2, 0) is 10.4 Å². The van der Waals surface area contributed by atoms with Gasteiger partial charge in [0, 0.05) is 29.4 Å². The first-order valence-corrected chi connectivity index (χ1v) is 12.3. The Bertz CT molecular complexity index is 1220. The van der Waals surface area contributed by atoms with Gasteiger partial charge in [-0.1, -0.05) is 41.9 Å². The van der Waals surface area contributed by atoms with Crippen LogP contribution >= 0.6 is 11.6 Å². The number of rotatable bonds is 5. The Morgan fingerprint density at radius 2 is 1.73 bits per heavy atom. The van der Waals surface area contributed by atoms with Gasteiger partial charge in [-0.05, 0) is 85.9 Å². The molecule has 0 radical (unpaired) electrons. The first kappa shape index (κ1) is 26.5. The molecule has 6 nitrogen and oxygen atoms in total. The van der Waals surface area contributed by atoms with Crippen molar-refractivity contribution in [1.29, 1.82) is 0 Å². The molecule has 3 N–H and O–H groups in total. The summed E-state index contributed by atoms with van der Waals surface area (Å²) in [5.41, 5.74) is 9.09. The molecule has 0 saturated carbocycles. The van der Waals surface area contributed by atoms with Gasteiger partial charge < -0.3 is 5.32 Å².